The maximum atomic E-state index is 13.7. The third kappa shape index (κ3) is 4.44. The Hall–Kier alpha value is -3.00. The SMILES string of the molecule is CCCOC(=O)C1=C(C)NC2=C(C(=O)[C@H](C(=O)OC)[C@H](C)C2)[C@H]1c1cc(Cl)c(O)c(OC)c1. The summed E-state index contributed by atoms with van der Waals surface area (Å²) in [5.41, 5.74) is 2.14. The summed E-state index contributed by atoms with van der Waals surface area (Å²) in [4.78, 5) is 39.2. The highest BCUT2D eigenvalue weighted by molar-refractivity contribution is 6.32. The lowest BCUT2D eigenvalue weighted by atomic mass is 9.69. The molecule has 9 heteroatoms. The van der Waals surface area contributed by atoms with Crippen LogP contribution in [-0.4, -0.2) is 43.7 Å². The van der Waals surface area contributed by atoms with E-state index in [1.807, 2.05) is 13.8 Å². The van der Waals surface area contributed by atoms with Crippen LogP contribution in [0.15, 0.2) is 34.7 Å². The molecule has 0 fully saturated rings. The molecule has 0 amide bonds. The fourth-order valence-corrected chi connectivity index (χ4v) is 4.69. The minimum Gasteiger partial charge on any atom is -0.503 e. The zero-order valence-corrected chi connectivity index (χ0v) is 20.0. The summed E-state index contributed by atoms with van der Waals surface area (Å²) in [7, 11) is 2.62. The Kier molecular flexibility index (Phi) is 7.37. The van der Waals surface area contributed by atoms with Gasteiger partial charge in [0.25, 0.3) is 0 Å². The minimum atomic E-state index is -1.00. The lowest BCUT2D eigenvalue weighted by Crippen LogP contribution is -2.43. The summed E-state index contributed by atoms with van der Waals surface area (Å²) in [6, 6.07) is 3.01. The van der Waals surface area contributed by atoms with Crippen LogP contribution in [0.2, 0.25) is 5.02 Å². The second kappa shape index (κ2) is 9.87. The summed E-state index contributed by atoms with van der Waals surface area (Å²) < 4.78 is 15.6. The molecule has 178 valence electrons. The quantitative estimate of drug-likeness (QED) is 0.472. The van der Waals surface area contributed by atoms with Crippen molar-refractivity contribution in [3.8, 4) is 11.5 Å². The van der Waals surface area contributed by atoms with E-state index in [4.69, 9.17) is 25.8 Å². The maximum absolute atomic E-state index is 13.7. The van der Waals surface area contributed by atoms with Gasteiger partial charge in [-0.25, -0.2) is 4.79 Å². The molecule has 1 aromatic rings. The standard InChI is InChI=1S/C24H28ClNO7/c1-6-7-33-24(30)18-12(3)26-15-8-11(2)17(23(29)32-5)22(28)20(15)19(18)13-9-14(25)21(27)16(10-13)31-4/h9-11,17,19,26-27H,6-8H2,1-5H3/t11-,17-,19+/m1/s1. The highest BCUT2D eigenvalue weighted by Crippen LogP contribution is 2.48. The first-order valence-corrected chi connectivity index (χ1v) is 11.1. The molecule has 3 rings (SSSR count). The molecule has 1 aliphatic carbocycles. The molecule has 0 unspecified atom stereocenters. The molecule has 0 aromatic heterocycles. The van der Waals surface area contributed by atoms with Crippen LogP contribution < -0.4 is 10.1 Å². The van der Waals surface area contributed by atoms with Gasteiger partial charge in [0.05, 0.1) is 31.4 Å². The minimum absolute atomic E-state index is 0.00473. The highest BCUT2D eigenvalue weighted by Gasteiger charge is 2.47. The van der Waals surface area contributed by atoms with Crippen LogP contribution in [0.25, 0.3) is 0 Å². The van der Waals surface area contributed by atoms with Gasteiger partial charge in [0.15, 0.2) is 17.3 Å². The van der Waals surface area contributed by atoms with E-state index in [1.165, 1.54) is 26.4 Å². The second-order valence-corrected chi connectivity index (χ2v) is 8.63. The average molecular weight is 478 g/mol. The Bertz CT molecular complexity index is 1060. The number of benzene rings is 1. The number of Topliss-reactive ketones (excluding diaryl/α,β-unsaturated/α-hetero) is 1. The zero-order chi connectivity index (χ0) is 24.4. The number of halogens is 1. The number of rotatable bonds is 6. The molecule has 1 aliphatic heterocycles. The van der Waals surface area contributed by atoms with Crippen LogP contribution in [0.5, 0.6) is 11.5 Å². The van der Waals surface area contributed by atoms with Crippen molar-refractivity contribution in [1.82, 2.24) is 5.32 Å². The first-order valence-electron chi connectivity index (χ1n) is 10.7. The smallest absolute Gasteiger partial charge is 0.336 e. The molecule has 8 nitrogen and oxygen atoms in total. The van der Waals surface area contributed by atoms with Crippen LogP contribution >= 0.6 is 11.6 Å². The fraction of sp³-hybridized carbons (Fsp3) is 0.458. The van der Waals surface area contributed by atoms with Gasteiger partial charge in [0.2, 0.25) is 0 Å². The number of allylic oxidation sites excluding steroid dienone is 3. The Morgan fingerprint density at radius 1 is 1.27 bits per heavy atom. The van der Waals surface area contributed by atoms with E-state index in [0.29, 0.717) is 29.8 Å². The largest absolute Gasteiger partial charge is 0.503 e. The molecule has 3 atom stereocenters. The monoisotopic (exact) mass is 477 g/mol. The first-order chi connectivity index (χ1) is 15.7. The Morgan fingerprint density at radius 2 is 1.97 bits per heavy atom. The molecule has 0 radical (unpaired) electrons. The van der Waals surface area contributed by atoms with Crippen molar-refractivity contribution in [3.05, 3.63) is 45.3 Å². The average Bonchev–Trinajstić information content (AvgIpc) is 2.77. The number of hydrogen-bond donors (Lipinski definition) is 2. The van der Waals surface area contributed by atoms with Crippen LogP contribution in [0.1, 0.15) is 45.1 Å². The van der Waals surface area contributed by atoms with Gasteiger partial charge in [-0.15, -0.1) is 0 Å². The summed E-state index contributed by atoms with van der Waals surface area (Å²) in [5.74, 6) is -3.95. The molecule has 2 aliphatic rings. The number of phenolic OH excluding ortho intramolecular Hbond substituents is 1. The van der Waals surface area contributed by atoms with E-state index in [9.17, 15) is 19.5 Å². The number of aromatic hydroxyl groups is 1. The van der Waals surface area contributed by atoms with E-state index >= 15 is 0 Å². The van der Waals surface area contributed by atoms with Crippen molar-refractivity contribution in [2.75, 3.05) is 20.8 Å². The molecule has 33 heavy (non-hydrogen) atoms. The van der Waals surface area contributed by atoms with Gasteiger partial charge in [-0.05, 0) is 43.4 Å². The van der Waals surface area contributed by atoms with Gasteiger partial charge in [-0.1, -0.05) is 25.4 Å². The number of dihydropyridines is 1. The molecular formula is C24H28ClNO7. The van der Waals surface area contributed by atoms with E-state index < -0.39 is 29.6 Å². The molecular weight excluding hydrogens is 450 g/mol. The van der Waals surface area contributed by atoms with Crippen LogP contribution in [-0.2, 0) is 23.9 Å². The Balaban J connectivity index is 2.24. The first kappa shape index (κ1) is 24.6. The summed E-state index contributed by atoms with van der Waals surface area (Å²) in [6.45, 7) is 5.64. The number of phenols is 1. The lowest BCUT2D eigenvalue weighted by molar-refractivity contribution is -0.151. The number of ether oxygens (including phenoxy) is 3. The van der Waals surface area contributed by atoms with Crippen molar-refractivity contribution >= 4 is 29.3 Å². The maximum Gasteiger partial charge on any atom is 0.336 e. The van der Waals surface area contributed by atoms with Crippen LogP contribution in [0.3, 0.4) is 0 Å². The molecule has 0 spiro atoms. The number of ketones is 1. The third-order valence-corrected chi connectivity index (χ3v) is 6.29. The Morgan fingerprint density at radius 3 is 2.58 bits per heavy atom. The van der Waals surface area contributed by atoms with Crippen molar-refractivity contribution in [2.45, 2.75) is 39.5 Å². The molecule has 1 aromatic carbocycles. The van der Waals surface area contributed by atoms with Crippen LogP contribution in [0.4, 0.5) is 0 Å². The second-order valence-electron chi connectivity index (χ2n) is 8.22. The predicted octanol–water partition coefficient (Wildman–Crippen LogP) is 3.62. The van der Waals surface area contributed by atoms with E-state index in [1.54, 1.807) is 6.92 Å². The number of carbonyl (C=O) groups is 3. The molecule has 0 saturated heterocycles. The molecule has 0 saturated carbocycles. The lowest BCUT2D eigenvalue weighted by Gasteiger charge is -2.38. The van der Waals surface area contributed by atoms with Gasteiger partial charge in [0, 0.05) is 22.9 Å². The van der Waals surface area contributed by atoms with E-state index in [0.717, 1.165) is 0 Å². The zero-order valence-electron chi connectivity index (χ0n) is 19.3. The fourth-order valence-electron chi connectivity index (χ4n) is 4.47. The molecule has 0 bridgehead atoms. The van der Waals surface area contributed by atoms with Gasteiger partial charge in [-0.2, -0.15) is 0 Å². The van der Waals surface area contributed by atoms with Crippen molar-refractivity contribution in [2.24, 2.45) is 11.8 Å². The normalized spacial score (nSPS) is 22.5. The summed E-state index contributed by atoms with van der Waals surface area (Å²) in [5, 5.41) is 13.4. The van der Waals surface area contributed by atoms with Crippen molar-refractivity contribution in [3.63, 3.8) is 0 Å². The number of carbonyl (C=O) groups excluding carboxylic acids is 3. The van der Waals surface area contributed by atoms with Crippen molar-refractivity contribution in [1.29, 1.82) is 0 Å². The van der Waals surface area contributed by atoms with E-state index in [-0.39, 0.29) is 40.2 Å². The number of hydrogen-bond acceptors (Lipinski definition) is 8. The molecule has 2 N–H and O–H groups in total. The topological polar surface area (TPSA) is 111 Å². The van der Waals surface area contributed by atoms with Gasteiger partial charge >= 0.3 is 11.9 Å². The molecule has 1 heterocycles. The summed E-state index contributed by atoms with van der Waals surface area (Å²) >= 11 is 6.25. The predicted molar refractivity (Wildman–Crippen MR) is 121 cm³/mol. The Labute approximate surface area is 197 Å². The van der Waals surface area contributed by atoms with Crippen LogP contribution in [0, 0.1) is 11.8 Å². The summed E-state index contributed by atoms with van der Waals surface area (Å²) in [6.07, 6.45) is 1.04. The number of nitrogens with one attached hydrogen (secondary N) is 1. The number of methoxy groups -OCH3 is 2. The highest BCUT2D eigenvalue weighted by atomic mass is 35.5. The third-order valence-electron chi connectivity index (χ3n) is 6.00. The van der Waals surface area contributed by atoms with Crippen molar-refractivity contribution < 1.29 is 33.7 Å². The van der Waals surface area contributed by atoms with E-state index in [2.05, 4.69) is 5.32 Å². The number of esters is 2. The van der Waals surface area contributed by atoms with Gasteiger partial charge in [-0.3, -0.25) is 9.59 Å². The van der Waals surface area contributed by atoms with Gasteiger partial charge in [0.1, 0.15) is 5.92 Å². The van der Waals surface area contributed by atoms with Gasteiger partial charge < -0.3 is 24.6 Å².